The van der Waals surface area contributed by atoms with Crippen molar-refractivity contribution in [2.45, 2.75) is 13.3 Å². The summed E-state index contributed by atoms with van der Waals surface area (Å²) in [5, 5.41) is 0. The summed E-state index contributed by atoms with van der Waals surface area (Å²) in [5.74, 6) is 0.435. The van der Waals surface area contributed by atoms with Crippen molar-refractivity contribution in [2.24, 2.45) is 0 Å². The lowest BCUT2D eigenvalue weighted by Crippen LogP contribution is -2.05. The van der Waals surface area contributed by atoms with Crippen molar-refractivity contribution in [3.05, 3.63) is 28.0 Å². The fourth-order valence-electron chi connectivity index (χ4n) is 0.815. The normalized spacial score (nSPS) is 9.70. The van der Waals surface area contributed by atoms with Crippen molar-refractivity contribution in [2.75, 3.05) is 5.73 Å². The van der Waals surface area contributed by atoms with E-state index in [1.807, 2.05) is 6.92 Å². The first-order valence-electron chi connectivity index (χ1n) is 3.21. The maximum atomic E-state index is 10.8. The summed E-state index contributed by atoms with van der Waals surface area (Å²) < 4.78 is 0. The van der Waals surface area contributed by atoms with Crippen molar-refractivity contribution in [3.8, 4) is 0 Å². The zero-order valence-electron chi connectivity index (χ0n) is 5.85. The van der Waals surface area contributed by atoms with E-state index in [1.54, 1.807) is 6.07 Å². The van der Waals surface area contributed by atoms with E-state index in [-0.39, 0.29) is 5.43 Å². The summed E-state index contributed by atoms with van der Waals surface area (Å²) in [7, 11) is 0. The Kier molecular flexibility index (Phi) is 1.76. The SMILES string of the molecule is CCc1cc(=O)cc(N)[nH]1. The molecule has 0 saturated heterocycles. The topological polar surface area (TPSA) is 58.9 Å². The summed E-state index contributed by atoms with van der Waals surface area (Å²) in [6.07, 6.45) is 0.806. The van der Waals surface area contributed by atoms with Crippen LogP contribution in [0.2, 0.25) is 0 Å². The largest absolute Gasteiger partial charge is 0.385 e. The Balaban J connectivity index is 3.19. The van der Waals surface area contributed by atoms with Gasteiger partial charge in [-0.2, -0.15) is 0 Å². The zero-order chi connectivity index (χ0) is 7.56. The van der Waals surface area contributed by atoms with E-state index >= 15 is 0 Å². The van der Waals surface area contributed by atoms with Gasteiger partial charge in [-0.05, 0) is 6.42 Å². The standard InChI is InChI=1S/C7H10N2O/c1-2-5-3-6(10)4-7(8)9-5/h3-4H,2H2,1H3,(H3,8,9,10). The molecule has 0 aliphatic rings. The van der Waals surface area contributed by atoms with Crippen molar-refractivity contribution in [1.29, 1.82) is 0 Å². The third kappa shape index (κ3) is 1.37. The first-order valence-corrected chi connectivity index (χ1v) is 3.21. The number of aromatic amines is 1. The Morgan fingerprint density at radius 3 is 2.80 bits per heavy atom. The van der Waals surface area contributed by atoms with Gasteiger partial charge in [-0.25, -0.2) is 0 Å². The Hall–Kier alpha value is -1.25. The minimum absolute atomic E-state index is 0.0342. The number of rotatable bonds is 1. The van der Waals surface area contributed by atoms with Gasteiger partial charge in [0.2, 0.25) is 0 Å². The van der Waals surface area contributed by atoms with Gasteiger partial charge in [0.1, 0.15) is 5.82 Å². The molecule has 0 bridgehead atoms. The molecule has 1 aromatic rings. The molecule has 0 aliphatic heterocycles. The van der Waals surface area contributed by atoms with Crippen LogP contribution in [0.3, 0.4) is 0 Å². The third-order valence-corrected chi connectivity index (χ3v) is 1.30. The van der Waals surface area contributed by atoms with Gasteiger partial charge in [0.25, 0.3) is 0 Å². The monoisotopic (exact) mass is 138 g/mol. The number of nitrogens with two attached hydrogens (primary N) is 1. The van der Waals surface area contributed by atoms with Crippen LogP contribution in [0.1, 0.15) is 12.6 Å². The number of hydrogen-bond acceptors (Lipinski definition) is 2. The molecule has 0 amide bonds. The second kappa shape index (κ2) is 2.56. The molecule has 0 aliphatic carbocycles. The first-order chi connectivity index (χ1) is 4.72. The second-order valence-corrected chi connectivity index (χ2v) is 2.15. The lowest BCUT2D eigenvalue weighted by Gasteiger charge is -1.96. The van der Waals surface area contributed by atoms with Crippen LogP contribution < -0.4 is 11.2 Å². The van der Waals surface area contributed by atoms with Crippen LogP contribution in [-0.2, 0) is 6.42 Å². The molecule has 0 fully saturated rings. The van der Waals surface area contributed by atoms with Crippen LogP contribution in [0.5, 0.6) is 0 Å². The number of nitrogens with one attached hydrogen (secondary N) is 1. The Morgan fingerprint density at radius 1 is 1.60 bits per heavy atom. The summed E-state index contributed by atoms with van der Waals surface area (Å²) in [5.41, 5.74) is 6.22. The number of H-pyrrole nitrogens is 1. The van der Waals surface area contributed by atoms with E-state index < -0.39 is 0 Å². The maximum Gasteiger partial charge on any atom is 0.183 e. The molecule has 0 spiro atoms. The van der Waals surface area contributed by atoms with Crippen LogP contribution in [0.25, 0.3) is 0 Å². The van der Waals surface area contributed by atoms with Gasteiger partial charge >= 0.3 is 0 Å². The van der Waals surface area contributed by atoms with E-state index in [0.717, 1.165) is 12.1 Å². The van der Waals surface area contributed by atoms with Gasteiger partial charge in [0.05, 0.1) is 0 Å². The molecule has 0 atom stereocenters. The van der Waals surface area contributed by atoms with Gasteiger partial charge in [-0.1, -0.05) is 6.92 Å². The van der Waals surface area contributed by atoms with Crippen LogP contribution >= 0.6 is 0 Å². The molecule has 1 heterocycles. The van der Waals surface area contributed by atoms with Crippen molar-refractivity contribution < 1.29 is 0 Å². The predicted octanol–water partition coefficient (Wildman–Crippen LogP) is 0.520. The Labute approximate surface area is 58.9 Å². The highest BCUT2D eigenvalue weighted by Crippen LogP contribution is 1.95. The number of aryl methyl sites for hydroxylation is 1. The highest BCUT2D eigenvalue weighted by molar-refractivity contribution is 5.28. The third-order valence-electron chi connectivity index (χ3n) is 1.30. The van der Waals surface area contributed by atoms with Crippen LogP contribution in [0, 0.1) is 0 Å². The molecule has 0 unspecified atom stereocenters. The molecule has 1 aromatic heterocycles. The number of nitrogen functional groups attached to an aromatic ring is 1. The summed E-state index contributed by atoms with van der Waals surface area (Å²) >= 11 is 0. The molecular formula is C7H10N2O. The molecule has 0 aromatic carbocycles. The van der Waals surface area contributed by atoms with E-state index in [0.29, 0.717) is 5.82 Å². The van der Waals surface area contributed by atoms with E-state index in [1.165, 1.54) is 6.07 Å². The van der Waals surface area contributed by atoms with Crippen LogP contribution in [0.15, 0.2) is 16.9 Å². The minimum atomic E-state index is -0.0342. The fourth-order valence-corrected chi connectivity index (χ4v) is 0.815. The maximum absolute atomic E-state index is 10.8. The number of hydrogen-bond donors (Lipinski definition) is 2. The van der Waals surface area contributed by atoms with Crippen molar-refractivity contribution >= 4 is 5.82 Å². The zero-order valence-corrected chi connectivity index (χ0v) is 5.85. The quantitative estimate of drug-likeness (QED) is 0.594. The second-order valence-electron chi connectivity index (χ2n) is 2.15. The van der Waals surface area contributed by atoms with Gasteiger partial charge in [-0.3, -0.25) is 4.79 Å². The minimum Gasteiger partial charge on any atom is -0.385 e. The predicted molar refractivity (Wildman–Crippen MR) is 40.9 cm³/mol. The van der Waals surface area contributed by atoms with Gasteiger partial charge in [0.15, 0.2) is 5.43 Å². The van der Waals surface area contributed by atoms with Crippen molar-refractivity contribution in [1.82, 2.24) is 4.98 Å². The average Bonchev–Trinajstić information content (AvgIpc) is 1.85. The van der Waals surface area contributed by atoms with E-state index in [9.17, 15) is 4.79 Å². The molecule has 3 nitrogen and oxygen atoms in total. The van der Waals surface area contributed by atoms with E-state index in [4.69, 9.17) is 5.73 Å². The summed E-state index contributed by atoms with van der Waals surface area (Å²) in [6, 6.07) is 2.93. The van der Waals surface area contributed by atoms with Crippen LogP contribution in [-0.4, -0.2) is 4.98 Å². The lowest BCUT2D eigenvalue weighted by atomic mass is 10.3. The molecule has 54 valence electrons. The smallest absolute Gasteiger partial charge is 0.183 e. The molecular weight excluding hydrogens is 128 g/mol. The summed E-state index contributed by atoms with van der Waals surface area (Å²) in [4.78, 5) is 13.6. The average molecular weight is 138 g/mol. The number of pyridine rings is 1. The number of aromatic nitrogens is 1. The lowest BCUT2D eigenvalue weighted by molar-refractivity contribution is 1.03. The highest BCUT2D eigenvalue weighted by atomic mass is 16.1. The molecule has 10 heavy (non-hydrogen) atoms. The van der Waals surface area contributed by atoms with Gasteiger partial charge < -0.3 is 10.7 Å². The Bertz CT molecular complexity index is 277. The van der Waals surface area contributed by atoms with E-state index in [2.05, 4.69) is 4.98 Å². The highest BCUT2D eigenvalue weighted by Gasteiger charge is 1.91. The number of anilines is 1. The molecule has 1 rings (SSSR count). The van der Waals surface area contributed by atoms with Gasteiger partial charge in [0, 0.05) is 17.8 Å². The fraction of sp³-hybridized carbons (Fsp3) is 0.286. The molecule has 3 heteroatoms. The molecule has 0 radical (unpaired) electrons. The Morgan fingerprint density at radius 2 is 2.30 bits per heavy atom. The first kappa shape index (κ1) is 6.86. The van der Waals surface area contributed by atoms with Crippen LogP contribution in [0.4, 0.5) is 5.82 Å². The summed E-state index contributed by atoms with van der Waals surface area (Å²) in [6.45, 7) is 1.96. The van der Waals surface area contributed by atoms with Crippen molar-refractivity contribution in [3.63, 3.8) is 0 Å². The molecule has 0 saturated carbocycles. The van der Waals surface area contributed by atoms with Gasteiger partial charge in [-0.15, -0.1) is 0 Å². The molecule has 3 N–H and O–H groups in total.